The van der Waals surface area contributed by atoms with E-state index in [2.05, 4.69) is 0 Å². The van der Waals surface area contributed by atoms with Crippen molar-refractivity contribution in [2.45, 2.75) is 6.54 Å². The first kappa shape index (κ1) is 14.8. The molecule has 0 unspecified atom stereocenters. The van der Waals surface area contributed by atoms with Crippen molar-refractivity contribution in [3.8, 4) is 0 Å². The van der Waals surface area contributed by atoms with E-state index < -0.39 is 0 Å². The highest BCUT2D eigenvalue weighted by Crippen LogP contribution is 2.31. The average Bonchev–Trinajstić information content (AvgIpc) is 3.12. The van der Waals surface area contributed by atoms with Gasteiger partial charge in [0.05, 0.1) is 18.4 Å². The molecule has 1 aromatic carbocycles. The number of amides is 1. The summed E-state index contributed by atoms with van der Waals surface area (Å²) in [5, 5.41) is 0. The number of benzene rings is 1. The number of rotatable bonds is 4. The van der Waals surface area contributed by atoms with E-state index in [0.29, 0.717) is 16.3 Å². The summed E-state index contributed by atoms with van der Waals surface area (Å²) in [5.74, 6) is 0.661. The van der Waals surface area contributed by atoms with Crippen LogP contribution in [0.5, 0.6) is 0 Å². The normalized spacial score (nSPS) is 17.1. The number of allylic oxidation sites excluding steroid dienone is 2. The van der Waals surface area contributed by atoms with Gasteiger partial charge in [0.2, 0.25) is 0 Å². The molecule has 0 aliphatic carbocycles. The quantitative estimate of drug-likeness (QED) is 0.478. The average molecular weight is 327 g/mol. The van der Waals surface area contributed by atoms with Crippen molar-refractivity contribution in [3.63, 3.8) is 0 Å². The zero-order valence-corrected chi connectivity index (χ0v) is 13.3. The molecule has 1 aromatic heterocycles. The summed E-state index contributed by atoms with van der Waals surface area (Å²) >= 11 is 6.57. The van der Waals surface area contributed by atoms with Gasteiger partial charge in [0, 0.05) is 11.9 Å². The van der Waals surface area contributed by atoms with Gasteiger partial charge >= 0.3 is 0 Å². The van der Waals surface area contributed by atoms with Crippen LogP contribution < -0.4 is 0 Å². The summed E-state index contributed by atoms with van der Waals surface area (Å²) in [7, 11) is 0. The Hall–Kier alpha value is -2.11. The lowest BCUT2D eigenvalue weighted by molar-refractivity contribution is -0.121. The fourth-order valence-corrected chi connectivity index (χ4v) is 3.27. The lowest BCUT2D eigenvalue weighted by Crippen LogP contribution is -2.18. The molecule has 2 heterocycles. The minimum atomic E-state index is -0.0795. The molecule has 5 heteroatoms. The van der Waals surface area contributed by atoms with E-state index in [9.17, 15) is 4.79 Å². The van der Waals surface area contributed by atoms with Gasteiger partial charge < -0.3 is 4.42 Å². The van der Waals surface area contributed by atoms with Crippen LogP contribution in [0.2, 0.25) is 0 Å². The third kappa shape index (κ3) is 3.37. The molecule has 1 aliphatic heterocycles. The Balaban J connectivity index is 1.71. The van der Waals surface area contributed by atoms with Gasteiger partial charge in [-0.15, -0.1) is 0 Å². The molecule has 0 bridgehead atoms. The van der Waals surface area contributed by atoms with Gasteiger partial charge in [-0.25, -0.2) is 0 Å². The Morgan fingerprint density at radius 3 is 2.73 bits per heavy atom. The highest BCUT2D eigenvalue weighted by molar-refractivity contribution is 8.23. The number of carbonyl (C=O) groups excluding carboxylic acids is 1. The van der Waals surface area contributed by atoms with Crippen molar-refractivity contribution in [1.29, 1.82) is 0 Å². The largest absolute Gasteiger partial charge is 0.467 e. The summed E-state index contributed by atoms with van der Waals surface area (Å²) in [6, 6.07) is 13.6. The van der Waals surface area contributed by atoms with E-state index in [1.54, 1.807) is 22.7 Å². The highest BCUT2D eigenvalue weighted by Gasteiger charge is 2.32. The Bertz CT molecular complexity index is 733. The van der Waals surface area contributed by atoms with E-state index in [4.69, 9.17) is 16.6 Å². The monoisotopic (exact) mass is 327 g/mol. The minimum Gasteiger partial charge on any atom is -0.467 e. The maximum atomic E-state index is 12.4. The Morgan fingerprint density at radius 1 is 1.18 bits per heavy atom. The van der Waals surface area contributed by atoms with Crippen LogP contribution >= 0.6 is 24.2 Å². The molecule has 3 nitrogen and oxygen atoms in total. The number of furan rings is 1. The van der Waals surface area contributed by atoms with Gasteiger partial charge in [-0.3, -0.25) is 9.10 Å². The second-order valence-corrected chi connectivity index (χ2v) is 6.35. The van der Waals surface area contributed by atoms with Gasteiger partial charge in [0.1, 0.15) is 9.96 Å². The van der Waals surface area contributed by atoms with Crippen LogP contribution in [0, 0.1) is 0 Å². The Labute approximate surface area is 138 Å². The lowest BCUT2D eigenvalue weighted by atomic mass is 10.2. The molecule has 110 valence electrons. The molecule has 3 rings (SSSR count). The van der Waals surface area contributed by atoms with E-state index >= 15 is 0 Å². The first-order chi connectivity index (χ1) is 10.7. The van der Waals surface area contributed by atoms with Gasteiger partial charge in [0.15, 0.2) is 0 Å². The zero-order valence-electron chi connectivity index (χ0n) is 11.6. The molecule has 1 saturated heterocycles. The van der Waals surface area contributed by atoms with Crippen molar-refractivity contribution in [3.05, 3.63) is 77.8 Å². The second-order valence-electron chi connectivity index (χ2n) is 4.65. The van der Waals surface area contributed by atoms with Crippen molar-refractivity contribution >= 4 is 40.3 Å². The second kappa shape index (κ2) is 6.77. The molecule has 0 radical (unpaired) electrons. The van der Waals surface area contributed by atoms with Crippen molar-refractivity contribution in [1.82, 2.24) is 4.31 Å². The molecule has 0 N–H and O–H groups in total. The SMILES string of the molecule is O=C1C(=CC=Cc2ccccc2)C(=S)SN1Cc1ccco1. The molecule has 0 atom stereocenters. The van der Waals surface area contributed by atoms with Gasteiger partial charge in [-0.1, -0.05) is 54.7 Å². The molecule has 0 saturated carbocycles. The lowest BCUT2D eigenvalue weighted by Gasteiger charge is -2.10. The molecular weight excluding hydrogens is 314 g/mol. The Kier molecular flexibility index (Phi) is 4.56. The maximum Gasteiger partial charge on any atom is 0.266 e. The van der Waals surface area contributed by atoms with E-state index in [-0.39, 0.29) is 5.91 Å². The van der Waals surface area contributed by atoms with Crippen LogP contribution in [-0.2, 0) is 11.3 Å². The van der Waals surface area contributed by atoms with E-state index in [1.807, 2.05) is 48.6 Å². The summed E-state index contributed by atoms with van der Waals surface area (Å²) in [6.45, 7) is 0.413. The van der Waals surface area contributed by atoms with Gasteiger partial charge in [-0.05, 0) is 23.8 Å². The highest BCUT2D eigenvalue weighted by atomic mass is 32.2. The summed E-state index contributed by atoms with van der Waals surface area (Å²) in [4.78, 5) is 12.4. The smallest absolute Gasteiger partial charge is 0.266 e. The first-order valence-electron chi connectivity index (χ1n) is 6.74. The van der Waals surface area contributed by atoms with Gasteiger partial charge in [0.25, 0.3) is 5.91 Å². The number of hydrogen-bond acceptors (Lipinski definition) is 4. The number of thiocarbonyl (C=S) groups is 1. The molecular formula is C17H13NO2S2. The van der Waals surface area contributed by atoms with Crippen molar-refractivity contribution in [2.75, 3.05) is 0 Å². The molecule has 0 spiro atoms. The first-order valence-corrected chi connectivity index (χ1v) is 7.92. The van der Waals surface area contributed by atoms with Crippen molar-refractivity contribution in [2.24, 2.45) is 0 Å². The number of carbonyl (C=O) groups is 1. The van der Waals surface area contributed by atoms with Crippen molar-refractivity contribution < 1.29 is 9.21 Å². The maximum absolute atomic E-state index is 12.4. The predicted molar refractivity (Wildman–Crippen MR) is 93.0 cm³/mol. The molecule has 1 amide bonds. The van der Waals surface area contributed by atoms with Crippen LogP contribution in [0.4, 0.5) is 0 Å². The van der Waals surface area contributed by atoms with E-state index in [0.717, 1.165) is 11.3 Å². The van der Waals surface area contributed by atoms with Crippen LogP contribution in [0.3, 0.4) is 0 Å². The number of nitrogens with zero attached hydrogens (tertiary/aromatic N) is 1. The summed E-state index contributed by atoms with van der Waals surface area (Å²) in [6.07, 6.45) is 7.17. The molecule has 1 aliphatic rings. The fraction of sp³-hybridized carbons (Fsp3) is 0.0588. The molecule has 1 fully saturated rings. The summed E-state index contributed by atoms with van der Waals surface area (Å²) in [5.41, 5.74) is 1.63. The fourth-order valence-electron chi connectivity index (χ4n) is 2.02. The summed E-state index contributed by atoms with van der Waals surface area (Å²) < 4.78 is 7.48. The standard InChI is InChI=1S/C17H13NO2S2/c19-16-15(10-4-8-13-6-2-1-3-7-13)17(21)22-18(16)12-14-9-5-11-20-14/h1-11H,12H2. The molecule has 22 heavy (non-hydrogen) atoms. The minimum absolute atomic E-state index is 0.0795. The molecule has 2 aromatic rings. The number of hydrogen-bond donors (Lipinski definition) is 0. The van der Waals surface area contributed by atoms with Crippen LogP contribution in [0.25, 0.3) is 6.08 Å². The van der Waals surface area contributed by atoms with Crippen LogP contribution in [0.1, 0.15) is 11.3 Å². The zero-order chi connectivity index (χ0) is 15.4. The van der Waals surface area contributed by atoms with E-state index in [1.165, 1.54) is 11.9 Å². The van der Waals surface area contributed by atoms with Crippen LogP contribution in [-0.4, -0.2) is 14.4 Å². The third-order valence-corrected chi connectivity index (χ3v) is 4.45. The predicted octanol–water partition coefficient (Wildman–Crippen LogP) is 4.24. The van der Waals surface area contributed by atoms with Crippen LogP contribution in [0.15, 0.2) is 70.9 Å². The Morgan fingerprint density at radius 2 is 2.00 bits per heavy atom. The third-order valence-electron chi connectivity index (χ3n) is 3.10. The van der Waals surface area contributed by atoms with Gasteiger partial charge in [-0.2, -0.15) is 0 Å². The topological polar surface area (TPSA) is 33.5 Å².